The fourth-order valence-corrected chi connectivity index (χ4v) is 3.98. The summed E-state index contributed by atoms with van der Waals surface area (Å²) < 4.78 is 7.10. The van der Waals surface area contributed by atoms with Crippen LogP contribution in [0.5, 0.6) is 0 Å². The second-order valence-corrected chi connectivity index (χ2v) is 7.42. The van der Waals surface area contributed by atoms with Crippen LogP contribution in [0.15, 0.2) is 41.7 Å². The molecule has 0 bridgehead atoms. The molecular weight excluding hydrogens is 398 g/mol. The summed E-state index contributed by atoms with van der Waals surface area (Å²) in [6.07, 6.45) is 3.25. The van der Waals surface area contributed by atoms with Crippen LogP contribution < -0.4 is 5.32 Å². The number of allylic oxidation sites excluding steroid dienone is 1. The number of aromatic nitrogens is 2. The molecule has 31 heavy (non-hydrogen) atoms. The molecule has 1 unspecified atom stereocenters. The van der Waals surface area contributed by atoms with Crippen LogP contribution in [-0.4, -0.2) is 45.5 Å². The van der Waals surface area contributed by atoms with Crippen LogP contribution in [0.4, 0.5) is 11.6 Å². The Hall–Kier alpha value is -3.20. The van der Waals surface area contributed by atoms with Crippen LogP contribution in [0.25, 0.3) is 0 Å². The summed E-state index contributed by atoms with van der Waals surface area (Å²) in [5.74, 6) is 0.162. The molecule has 9 heteroatoms. The molecular formula is C22H29N5O4. The number of nitro benzene ring substituents is 1. The molecule has 0 amide bonds. The number of imidazole rings is 1. The van der Waals surface area contributed by atoms with Gasteiger partial charge in [0.25, 0.3) is 5.69 Å². The Labute approximate surface area is 181 Å². The van der Waals surface area contributed by atoms with Crippen molar-refractivity contribution in [2.45, 2.75) is 46.2 Å². The lowest BCUT2D eigenvalue weighted by atomic mass is 9.93. The van der Waals surface area contributed by atoms with Gasteiger partial charge < -0.3 is 14.6 Å². The summed E-state index contributed by atoms with van der Waals surface area (Å²) >= 11 is 0. The molecule has 3 rings (SSSR count). The number of nitrogens with zero attached hydrogens (tertiary/aromatic N) is 4. The lowest BCUT2D eigenvalue weighted by Crippen LogP contribution is -2.32. The maximum absolute atomic E-state index is 12.9. The molecule has 1 aromatic carbocycles. The number of carbonyl (C=O) groups excluding carboxylic acids is 1. The Kier molecular flexibility index (Phi) is 7.06. The number of methoxy groups -OCH3 is 1. The topological polar surface area (TPSA) is 103 Å². The summed E-state index contributed by atoms with van der Waals surface area (Å²) in [5.41, 5.74) is 2.73. The number of ether oxygens (including phenoxy) is 1. The Morgan fingerprint density at radius 1 is 1.32 bits per heavy atom. The van der Waals surface area contributed by atoms with Gasteiger partial charge in [0, 0.05) is 24.4 Å². The first-order valence-corrected chi connectivity index (χ1v) is 10.6. The van der Waals surface area contributed by atoms with Crippen molar-refractivity contribution < 1.29 is 14.5 Å². The first kappa shape index (κ1) is 22.5. The highest BCUT2D eigenvalue weighted by molar-refractivity contribution is 5.92. The Morgan fingerprint density at radius 2 is 2.06 bits per heavy atom. The van der Waals surface area contributed by atoms with E-state index in [1.807, 2.05) is 11.5 Å². The highest BCUT2D eigenvalue weighted by Gasteiger charge is 2.36. The molecule has 2 aromatic rings. The summed E-state index contributed by atoms with van der Waals surface area (Å²) in [6.45, 7) is 8.59. The number of benzene rings is 1. The van der Waals surface area contributed by atoms with Gasteiger partial charge in [0.05, 0.1) is 35.5 Å². The van der Waals surface area contributed by atoms with E-state index >= 15 is 0 Å². The molecule has 1 aliphatic rings. The smallest absolute Gasteiger partial charge is 0.338 e. The second-order valence-electron chi connectivity index (χ2n) is 7.42. The lowest BCUT2D eigenvalue weighted by molar-refractivity contribution is -0.384. The minimum absolute atomic E-state index is 0.0238. The van der Waals surface area contributed by atoms with Gasteiger partial charge in [-0.2, -0.15) is 0 Å². The largest absolute Gasteiger partial charge is 0.466 e. The molecule has 0 saturated heterocycles. The van der Waals surface area contributed by atoms with E-state index in [0.29, 0.717) is 30.1 Å². The normalized spacial score (nSPS) is 15.6. The number of nitrogens with one attached hydrogen (secondary N) is 1. The summed E-state index contributed by atoms with van der Waals surface area (Å²) in [5, 5.41) is 14.7. The second kappa shape index (κ2) is 9.74. The van der Waals surface area contributed by atoms with E-state index < -0.39 is 16.9 Å². The fraction of sp³-hybridized carbons (Fsp3) is 0.455. The van der Waals surface area contributed by atoms with Crippen molar-refractivity contribution in [2.24, 2.45) is 0 Å². The average Bonchev–Trinajstić information content (AvgIpc) is 3.18. The van der Waals surface area contributed by atoms with E-state index in [4.69, 9.17) is 4.74 Å². The predicted molar refractivity (Wildman–Crippen MR) is 118 cm³/mol. The number of fused-ring (bicyclic) bond motifs is 1. The van der Waals surface area contributed by atoms with E-state index in [2.05, 4.69) is 29.0 Å². The maximum atomic E-state index is 12.9. The number of nitro groups is 1. The minimum atomic E-state index is -0.571. The van der Waals surface area contributed by atoms with Crippen LogP contribution in [0.1, 0.15) is 50.9 Å². The summed E-state index contributed by atoms with van der Waals surface area (Å²) in [4.78, 5) is 30.7. The van der Waals surface area contributed by atoms with Crippen molar-refractivity contribution in [1.29, 1.82) is 0 Å². The Morgan fingerprint density at radius 3 is 2.68 bits per heavy atom. The minimum Gasteiger partial charge on any atom is -0.466 e. The maximum Gasteiger partial charge on any atom is 0.338 e. The van der Waals surface area contributed by atoms with E-state index in [1.165, 1.54) is 19.2 Å². The van der Waals surface area contributed by atoms with Crippen molar-refractivity contribution >= 4 is 17.6 Å². The van der Waals surface area contributed by atoms with E-state index in [-0.39, 0.29) is 5.69 Å². The molecule has 1 atom stereocenters. The number of anilines is 1. The zero-order chi connectivity index (χ0) is 22.5. The first-order valence-electron chi connectivity index (χ1n) is 10.6. The van der Waals surface area contributed by atoms with Crippen LogP contribution in [-0.2, 0) is 16.1 Å². The third kappa shape index (κ3) is 4.46. The first-order chi connectivity index (χ1) is 14.9. The lowest BCUT2D eigenvalue weighted by Gasteiger charge is -2.32. The van der Waals surface area contributed by atoms with E-state index in [9.17, 15) is 14.9 Å². The van der Waals surface area contributed by atoms with Crippen molar-refractivity contribution in [3.8, 4) is 0 Å². The molecule has 1 N–H and O–H groups in total. The number of hydrogen-bond donors (Lipinski definition) is 1. The highest BCUT2D eigenvalue weighted by atomic mass is 16.6. The number of rotatable bonds is 9. The van der Waals surface area contributed by atoms with Gasteiger partial charge in [-0.3, -0.25) is 15.0 Å². The van der Waals surface area contributed by atoms with Gasteiger partial charge in [-0.25, -0.2) is 9.78 Å². The van der Waals surface area contributed by atoms with Crippen LogP contribution >= 0.6 is 0 Å². The van der Waals surface area contributed by atoms with Crippen molar-refractivity contribution in [2.75, 3.05) is 25.5 Å². The Bertz CT molecular complexity index is 994. The number of carbonyl (C=O) groups is 1. The summed E-state index contributed by atoms with van der Waals surface area (Å²) in [6, 6.07) is 5.85. The van der Waals surface area contributed by atoms with Crippen LogP contribution in [0.3, 0.4) is 0 Å². The molecule has 0 radical (unpaired) electrons. The molecule has 1 aromatic heterocycles. The molecule has 0 spiro atoms. The average molecular weight is 428 g/mol. The SMILES string of the molecule is CCCC1=C(C(=O)OC)C(c2cccc([N+](=O)[O-])c2)n2c(CN(CC)CC)cnc2N1. The molecule has 166 valence electrons. The van der Waals surface area contributed by atoms with Gasteiger partial charge in [-0.05, 0) is 25.1 Å². The monoisotopic (exact) mass is 427 g/mol. The number of non-ortho nitro benzene ring substituents is 1. The van der Waals surface area contributed by atoms with Gasteiger partial charge >= 0.3 is 5.97 Å². The molecule has 0 saturated carbocycles. The van der Waals surface area contributed by atoms with Gasteiger partial charge in [0.2, 0.25) is 5.95 Å². The van der Waals surface area contributed by atoms with Crippen LogP contribution in [0.2, 0.25) is 0 Å². The quantitative estimate of drug-likeness (QED) is 0.368. The zero-order valence-electron chi connectivity index (χ0n) is 18.4. The van der Waals surface area contributed by atoms with Gasteiger partial charge in [-0.15, -0.1) is 0 Å². The molecule has 2 heterocycles. The van der Waals surface area contributed by atoms with E-state index in [1.54, 1.807) is 18.3 Å². The molecule has 0 fully saturated rings. The predicted octanol–water partition coefficient (Wildman–Crippen LogP) is 3.88. The van der Waals surface area contributed by atoms with Gasteiger partial charge in [0.15, 0.2) is 0 Å². The van der Waals surface area contributed by atoms with E-state index in [0.717, 1.165) is 30.9 Å². The Balaban J connectivity index is 2.23. The van der Waals surface area contributed by atoms with Crippen molar-refractivity contribution in [3.05, 3.63) is 63.1 Å². The van der Waals surface area contributed by atoms with Crippen LogP contribution in [0, 0.1) is 10.1 Å². The highest BCUT2D eigenvalue weighted by Crippen LogP contribution is 2.39. The summed E-state index contributed by atoms with van der Waals surface area (Å²) in [7, 11) is 1.35. The molecule has 9 nitrogen and oxygen atoms in total. The molecule has 0 aliphatic carbocycles. The zero-order valence-corrected chi connectivity index (χ0v) is 18.4. The number of hydrogen-bond acceptors (Lipinski definition) is 7. The van der Waals surface area contributed by atoms with Gasteiger partial charge in [0.1, 0.15) is 0 Å². The fourth-order valence-electron chi connectivity index (χ4n) is 3.98. The standard InChI is InChI=1S/C22H29N5O4/c1-5-9-18-19(21(28)31-4)20(15-10-8-11-16(12-15)27(29)30)26-17(13-23-22(26)24-18)14-25(6-2)7-3/h8,10-13,20H,5-7,9,14H2,1-4H3,(H,23,24). The van der Waals surface area contributed by atoms with Crippen molar-refractivity contribution in [1.82, 2.24) is 14.5 Å². The number of esters is 1. The van der Waals surface area contributed by atoms with Crippen molar-refractivity contribution in [3.63, 3.8) is 0 Å². The van der Waals surface area contributed by atoms with Gasteiger partial charge in [-0.1, -0.05) is 39.3 Å². The molecule has 1 aliphatic heterocycles. The third-order valence-corrected chi connectivity index (χ3v) is 5.58. The third-order valence-electron chi connectivity index (χ3n) is 5.58.